The van der Waals surface area contributed by atoms with Gasteiger partial charge in [0.15, 0.2) is 0 Å². The molecule has 1 unspecified atom stereocenters. The quantitative estimate of drug-likeness (QED) is 0.694. The van der Waals surface area contributed by atoms with Crippen molar-refractivity contribution in [2.75, 3.05) is 12.0 Å². The van der Waals surface area contributed by atoms with E-state index in [1.165, 1.54) is 0 Å². The van der Waals surface area contributed by atoms with Gasteiger partial charge in [0, 0.05) is 22.2 Å². The van der Waals surface area contributed by atoms with Crippen molar-refractivity contribution in [2.45, 2.75) is 17.4 Å². The van der Waals surface area contributed by atoms with Crippen LogP contribution in [0.5, 0.6) is 0 Å². The largest absolute Gasteiger partial charge is 0.488 e. The van der Waals surface area contributed by atoms with Crippen molar-refractivity contribution in [3.8, 4) is 0 Å². The van der Waals surface area contributed by atoms with Gasteiger partial charge in [0.05, 0.1) is 9.80 Å². The van der Waals surface area contributed by atoms with Crippen molar-refractivity contribution in [2.24, 2.45) is 0 Å². The second-order valence-corrected chi connectivity index (χ2v) is 9.27. The second kappa shape index (κ2) is 7.33. The van der Waals surface area contributed by atoms with Crippen molar-refractivity contribution in [3.63, 3.8) is 0 Å². The van der Waals surface area contributed by atoms with Crippen molar-refractivity contribution in [1.29, 1.82) is 0 Å². The summed E-state index contributed by atoms with van der Waals surface area (Å²) < 4.78 is 33.1. The first kappa shape index (κ1) is 17.6. The van der Waals surface area contributed by atoms with Crippen LogP contribution in [0.4, 0.5) is 0 Å². The fourth-order valence-corrected chi connectivity index (χ4v) is 5.07. The van der Waals surface area contributed by atoms with Gasteiger partial charge in [-0.2, -0.15) is 11.8 Å². The summed E-state index contributed by atoms with van der Waals surface area (Å²) in [5, 5.41) is 0. The van der Waals surface area contributed by atoms with E-state index in [9.17, 15) is 8.42 Å². The fourth-order valence-electron chi connectivity index (χ4n) is 2.66. The first-order valence-electron chi connectivity index (χ1n) is 7.47. The minimum atomic E-state index is -3.58. The van der Waals surface area contributed by atoms with Crippen LogP contribution in [0.2, 0.25) is 0 Å². The molecule has 1 atom stereocenters. The number of ether oxygens (including phenoxy) is 1. The molecule has 2 aromatic rings. The van der Waals surface area contributed by atoms with E-state index in [0.717, 1.165) is 15.8 Å². The third-order valence-electron chi connectivity index (χ3n) is 3.79. The third kappa shape index (κ3) is 3.55. The topological polar surface area (TPSA) is 43.4 Å². The van der Waals surface area contributed by atoms with Crippen LogP contribution in [0, 0.1) is 0 Å². The van der Waals surface area contributed by atoms with Gasteiger partial charge in [-0.25, -0.2) is 8.42 Å². The number of thioether (sulfide) groups is 1. The van der Waals surface area contributed by atoms with E-state index in [1.54, 1.807) is 36.0 Å². The van der Waals surface area contributed by atoms with Gasteiger partial charge in [-0.05, 0) is 30.5 Å². The highest BCUT2D eigenvalue weighted by molar-refractivity contribution is 9.10. The summed E-state index contributed by atoms with van der Waals surface area (Å²) in [6, 6.07) is 16.2. The van der Waals surface area contributed by atoms with Crippen LogP contribution >= 0.6 is 27.7 Å². The van der Waals surface area contributed by atoms with Crippen LogP contribution in [0.25, 0.3) is 5.76 Å². The van der Waals surface area contributed by atoms with Crippen LogP contribution < -0.4 is 0 Å². The Hall–Kier alpha value is -1.24. The maximum atomic E-state index is 13.1. The molecule has 1 aliphatic rings. The van der Waals surface area contributed by atoms with E-state index in [-0.39, 0.29) is 6.10 Å². The van der Waals surface area contributed by atoms with Gasteiger partial charge in [-0.1, -0.05) is 46.3 Å². The molecule has 126 valence electrons. The predicted octanol–water partition coefficient (Wildman–Crippen LogP) is 4.74. The third-order valence-corrected chi connectivity index (χ3v) is 6.92. The highest BCUT2D eigenvalue weighted by Crippen LogP contribution is 2.39. The molecule has 24 heavy (non-hydrogen) atoms. The lowest BCUT2D eigenvalue weighted by molar-refractivity contribution is 0.215. The van der Waals surface area contributed by atoms with Gasteiger partial charge in [-0.3, -0.25) is 0 Å². The first-order chi connectivity index (χ1) is 11.5. The van der Waals surface area contributed by atoms with Crippen molar-refractivity contribution in [1.82, 2.24) is 0 Å². The molecule has 0 saturated heterocycles. The Bertz CT molecular complexity index is 844. The summed E-state index contributed by atoms with van der Waals surface area (Å²) in [6.45, 7) is 0. The molecule has 0 bridgehead atoms. The minimum Gasteiger partial charge on any atom is -0.488 e. The van der Waals surface area contributed by atoms with Crippen LogP contribution in [0.1, 0.15) is 12.0 Å². The van der Waals surface area contributed by atoms with Crippen LogP contribution in [0.3, 0.4) is 0 Å². The second-order valence-electron chi connectivity index (χ2n) is 5.48. The lowest BCUT2D eigenvalue weighted by atomic mass is 10.2. The Morgan fingerprint density at radius 3 is 2.42 bits per heavy atom. The standard InChI is InChI=1S/C18H17BrO3S2/c1-23-12-15-11-17(18(22-15)13-5-3-2-4-6-13)24(20,21)16-9-7-14(19)8-10-16/h2-10,15H,11-12H2,1H3. The average molecular weight is 425 g/mol. The number of rotatable bonds is 5. The summed E-state index contributed by atoms with van der Waals surface area (Å²) in [5.74, 6) is 1.24. The zero-order chi connectivity index (χ0) is 17.2. The zero-order valence-electron chi connectivity index (χ0n) is 13.1. The molecule has 1 heterocycles. The van der Waals surface area contributed by atoms with E-state index >= 15 is 0 Å². The Kier molecular flexibility index (Phi) is 5.37. The maximum Gasteiger partial charge on any atom is 0.206 e. The Labute approximate surface area is 155 Å². The molecule has 0 aromatic heterocycles. The van der Waals surface area contributed by atoms with Crippen molar-refractivity contribution < 1.29 is 13.2 Å². The van der Waals surface area contributed by atoms with Crippen LogP contribution in [0.15, 0.2) is 68.9 Å². The van der Waals surface area contributed by atoms with Gasteiger partial charge < -0.3 is 4.74 Å². The van der Waals surface area contributed by atoms with E-state index in [1.807, 2.05) is 36.6 Å². The number of hydrogen-bond donors (Lipinski definition) is 0. The molecular formula is C18H17BrO3S2. The molecular weight excluding hydrogens is 408 g/mol. The molecule has 1 aliphatic heterocycles. The van der Waals surface area contributed by atoms with Crippen molar-refractivity contribution >= 4 is 43.3 Å². The monoisotopic (exact) mass is 424 g/mol. The normalized spacial score (nSPS) is 17.8. The van der Waals surface area contributed by atoms with E-state index < -0.39 is 9.84 Å². The highest BCUT2D eigenvalue weighted by atomic mass is 79.9. The fraction of sp³-hybridized carbons (Fsp3) is 0.222. The average Bonchev–Trinajstić information content (AvgIpc) is 3.01. The molecule has 0 N–H and O–H groups in total. The molecule has 3 rings (SSSR count). The number of hydrogen-bond acceptors (Lipinski definition) is 4. The zero-order valence-corrected chi connectivity index (χ0v) is 16.3. The van der Waals surface area contributed by atoms with Crippen LogP contribution in [-0.2, 0) is 14.6 Å². The SMILES string of the molecule is CSCC1CC(S(=O)(=O)c2ccc(Br)cc2)=C(c2ccccc2)O1. The molecule has 2 aromatic carbocycles. The maximum absolute atomic E-state index is 13.1. The van der Waals surface area contributed by atoms with E-state index in [2.05, 4.69) is 15.9 Å². The molecule has 3 nitrogen and oxygen atoms in total. The van der Waals surface area contributed by atoms with Crippen molar-refractivity contribution in [3.05, 3.63) is 69.5 Å². The molecule has 0 fully saturated rings. The molecule has 0 amide bonds. The first-order valence-corrected chi connectivity index (χ1v) is 11.1. The number of sulfone groups is 1. The van der Waals surface area contributed by atoms with Gasteiger partial charge in [0.1, 0.15) is 11.9 Å². The lowest BCUT2D eigenvalue weighted by Gasteiger charge is -2.11. The summed E-state index contributed by atoms with van der Waals surface area (Å²) >= 11 is 4.99. The smallest absolute Gasteiger partial charge is 0.206 e. The van der Waals surface area contributed by atoms with Gasteiger partial charge in [0.2, 0.25) is 9.84 Å². The number of benzene rings is 2. The molecule has 6 heteroatoms. The summed E-state index contributed by atoms with van der Waals surface area (Å²) in [5.41, 5.74) is 0.803. The number of halogens is 1. The van der Waals surface area contributed by atoms with Gasteiger partial charge >= 0.3 is 0 Å². The highest BCUT2D eigenvalue weighted by Gasteiger charge is 2.35. The van der Waals surface area contributed by atoms with Gasteiger partial charge in [0.25, 0.3) is 0 Å². The summed E-state index contributed by atoms with van der Waals surface area (Å²) in [6.07, 6.45) is 2.28. The Morgan fingerprint density at radius 2 is 1.79 bits per heavy atom. The predicted molar refractivity (Wildman–Crippen MR) is 103 cm³/mol. The minimum absolute atomic E-state index is 0.115. The van der Waals surface area contributed by atoms with Gasteiger partial charge in [-0.15, -0.1) is 0 Å². The summed E-state index contributed by atoms with van der Waals surface area (Å²) in [7, 11) is -3.58. The molecule has 0 radical (unpaired) electrons. The lowest BCUT2D eigenvalue weighted by Crippen LogP contribution is -2.11. The van der Waals surface area contributed by atoms with Crippen LogP contribution in [-0.4, -0.2) is 26.5 Å². The van der Waals surface area contributed by atoms with E-state index in [0.29, 0.717) is 22.0 Å². The molecule has 0 spiro atoms. The van der Waals surface area contributed by atoms with E-state index in [4.69, 9.17) is 4.74 Å². The molecule has 0 saturated carbocycles. The summed E-state index contributed by atoms with van der Waals surface area (Å²) in [4.78, 5) is 0.664. The Balaban J connectivity index is 2.07. The molecule has 0 aliphatic carbocycles. The Morgan fingerprint density at radius 1 is 1.12 bits per heavy atom.